The van der Waals surface area contributed by atoms with E-state index in [-0.39, 0.29) is 5.75 Å². The van der Waals surface area contributed by atoms with Crippen molar-refractivity contribution in [1.29, 1.82) is 0 Å². The molecular formula is C11H12N2O2. The Labute approximate surface area is 87.3 Å². The Morgan fingerprint density at radius 2 is 2.27 bits per heavy atom. The van der Waals surface area contributed by atoms with Gasteiger partial charge in [-0.15, -0.1) is 0 Å². The van der Waals surface area contributed by atoms with E-state index in [1.54, 1.807) is 24.5 Å². The minimum absolute atomic E-state index is 0.229. The van der Waals surface area contributed by atoms with Gasteiger partial charge in [0.1, 0.15) is 12.0 Å². The molecule has 2 aromatic rings. The molecule has 4 heteroatoms. The number of phenolic OH excluding ortho intramolecular Hbond substituents is 1. The van der Waals surface area contributed by atoms with Gasteiger partial charge in [0, 0.05) is 12.0 Å². The first kappa shape index (κ1) is 9.73. The van der Waals surface area contributed by atoms with Crippen LogP contribution in [0.15, 0.2) is 35.1 Å². The number of benzene rings is 1. The van der Waals surface area contributed by atoms with Crippen molar-refractivity contribution < 1.29 is 9.63 Å². The average molecular weight is 204 g/mol. The molecule has 15 heavy (non-hydrogen) atoms. The van der Waals surface area contributed by atoms with Crippen LogP contribution in [0, 0.1) is 0 Å². The number of aromatic nitrogens is 1. The molecule has 1 aromatic heterocycles. The fourth-order valence-corrected chi connectivity index (χ4v) is 1.49. The summed E-state index contributed by atoms with van der Waals surface area (Å²) >= 11 is 0. The maximum absolute atomic E-state index is 9.36. The average Bonchev–Trinajstić information content (AvgIpc) is 2.66. The largest absolute Gasteiger partial charge is 0.508 e. The molecule has 0 fully saturated rings. The van der Waals surface area contributed by atoms with Crippen molar-refractivity contribution in [3.63, 3.8) is 0 Å². The highest BCUT2D eigenvalue weighted by Gasteiger charge is 2.09. The Hall–Kier alpha value is -1.81. The van der Waals surface area contributed by atoms with Gasteiger partial charge in [-0.2, -0.15) is 0 Å². The molecule has 3 N–H and O–H groups in total. The summed E-state index contributed by atoms with van der Waals surface area (Å²) in [5, 5.41) is 13.2. The zero-order valence-electron chi connectivity index (χ0n) is 8.18. The van der Waals surface area contributed by atoms with Gasteiger partial charge in [0.15, 0.2) is 0 Å². The minimum atomic E-state index is 0.229. The van der Waals surface area contributed by atoms with Gasteiger partial charge in [-0.1, -0.05) is 17.3 Å². The van der Waals surface area contributed by atoms with E-state index in [0.717, 1.165) is 16.8 Å². The summed E-state index contributed by atoms with van der Waals surface area (Å²) in [4.78, 5) is 0. The van der Waals surface area contributed by atoms with Gasteiger partial charge in [-0.05, 0) is 24.2 Å². The molecular weight excluding hydrogens is 192 g/mol. The Balaban J connectivity index is 2.40. The van der Waals surface area contributed by atoms with Gasteiger partial charge in [0.25, 0.3) is 0 Å². The molecule has 0 spiro atoms. The van der Waals surface area contributed by atoms with Crippen LogP contribution in [0.4, 0.5) is 0 Å². The van der Waals surface area contributed by atoms with E-state index in [1.807, 2.05) is 6.07 Å². The fourth-order valence-electron chi connectivity index (χ4n) is 1.49. The van der Waals surface area contributed by atoms with Gasteiger partial charge >= 0.3 is 0 Å². The molecule has 78 valence electrons. The number of hydrogen-bond acceptors (Lipinski definition) is 4. The van der Waals surface area contributed by atoms with Crippen LogP contribution >= 0.6 is 0 Å². The topological polar surface area (TPSA) is 72.3 Å². The van der Waals surface area contributed by atoms with Crippen LogP contribution in [0.5, 0.6) is 5.75 Å². The molecule has 2 rings (SSSR count). The SMILES string of the molecule is NCCc1nocc1-c1cccc(O)c1. The third-order valence-electron chi connectivity index (χ3n) is 2.18. The second kappa shape index (κ2) is 4.14. The lowest BCUT2D eigenvalue weighted by Crippen LogP contribution is -2.03. The molecule has 4 nitrogen and oxygen atoms in total. The van der Waals surface area contributed by atoms with E-state index in [0.29, 0.717) is 13.0 Å². The number of hydrogen-bond donors (Lipinski definition) is 2. The Kier molecular flexibility index (Phi) is 2.69. The number of phenols is 1. The molecule has 0 amide bonds. The van der Waals surface area contributed by atoms with Crippen molar-refractivity contribution in [3.8, 4) is 16.9 Å². The maximum atomic E-state index is 9.36. The zero-order chi connectivity index (χ0) is 10.7. The van der Waals surface area contributed by atoms with Crippen LogP contribution in [0.25, 0.3) is 11.1 Å². The van der Waals surface area contributed by atoms with E-state index < -0.39 is 0 Å². The van der Waals surface area contributed by atoms with E-state index in [4.69, 9.17) is 10.3 Å². The predicted molar refractivity (Wildman–Crippen MR) is 56.4 cm³/mol. The molecule has 0 aliphatic heterocycles. The van der Waals surface area contributed by atoms with Gasteiger partial charge in [0.05, 0.1) is 5.69 Å². The number of nitrogens with two attached hydrogens (primary N) is 1. The lowest BCUT2D eigenvalue weighted by molar-refractivity contribution is 0.412. The first-order chi connectivity index (χ1) is 7.31. The molecule has 1 heterocycles. The lowest BCUT2D eigenvalue weighted by Gasteiger charge is -2.00. The molecule has 0 unspecified atom stereocenters. The van der Waals surface area contributed by atoms with Gasteiger partial charge in [-0.25, -0.2) is 0 Å². The zero-order valence-corrected chi connectivity index (χ0v) is 8.18. The van der Waals surface area contributed by atoms with E-state index in [2.05, 4.69) is 5.16 Å². The monoisotopic (exact) mass is 204 g/mol. The van der Waals surface area contributed by atoms with Crippen molar-refractivity contribution in [1.82, 2.24) is 5.16 Å². The van der Waals surface area contributed by atoms with Gasteiger partial charge in [-0.3, -0.25) is 0 Å². The van der Waals surface area contributed by atoms with E-state index in [9.17, 15) is 5.11 Å². The van der Waals surface area contributed by atoms with Crippen LogP contribution in [-0.2, 0) is 6.42 Å². The molecule has 0 saturated heterocycles. The first-order valence-electron chi connectivity index (χ1n) is 4.74. The van der Waals surface area contributed by atoms with Crippen molar-refractivity contribution in [2.45, 2.75) is 6.42 Å². The highest BCUT2D eigenvalue weighted by atomic mass is 16.5. The normalized spacial score (nSPS) is 10.5. The van der Waals surface area contributed by atoms with Gasteiger partial charge < -0.3 is 15.4 Å². The molecule has 0 aliphatic rings. The summed E-state index contributed by atoms with van der Waals surface area (Å²) in [5.41, 5.74) is 8.06. The summed E-state index contributed by atoms with van der Waals surface area (Å²) < 4.78 is 4.91. The predicted octanol–water partition coefficient (Wildman–Crippen LogP) is 1.55. The third-order valence-corrected chi connectivity index (χ3v) is 2.18. The molecule has 0 radical (unpaired) electrons. The molecule has 0 bridgehead atoms. The van der Waals surface area contributed by atoms with E-state index >= 15 is 0 Å². The van der Waals surface area contributed by atoms with Crippen LogP contribution in [0.3, 0.4) is 0 Å². The number of rotatable bonds is 3. The number of aromatic hydroxyl groups is 1. The highest BCUT2D eigenvalue weighted by molar-refractivity contribution is 5.66. The molecule has 1 aromatic carbocycles. The Morgan fingerprint density at radius 3 is 3.00 bits per heavy atom. The van der Waals surface area contributed by atoms with Crippen LogP contribution in [-0.4, -0.2) is 16.8 Å². The molecule has 0 aliphatic carbocycles. The second-order valence-electron chi connectivity index (χ2n) is 3.26. The second-order valence-corrected chi connectivity index (χ2v) is 3.26. The Morgan fingerprint density at radius 1 is 1.40 bits per heavy atom. The molecule has 0 saturated carbocycles. The summed E-state index contributed by atoms with van der Waals surface area (Å²) in [7, 11) is 0. The first-order valence-corrected chi connectivity index (χ1v) is 4.74. The lowest BCUT2D eigenvalue weighted by atomic mass is 10.1. The summed E-state index contributed by atoms with van der Waals surface area (Å²) in [6.07, 6.45) is 2.24. The smallest absolute Gasteiger partial charge is 0.131 e. The molecule has 0 atom stereocenters. The number of nitrogens with zero attached hydrogens (tertiary/aromatic N) is 1. The van der Waals surface area contributed by atoms with Crippen LogP contribution < -0.4 is 5.73 Å². The summed E-state index contributed by atoms with van der Waals surface area (Å²) in [6, 6.07) is 6.97. The standard InChI is InChI=1S/C11H12N2O2/c12-5-4-11-10(7-15-13-11)8-2-1-3-9(14)6-8/h1-3,6-7,14H,4-5,12H2. The third kappa shape index (κ3) is 1.99. The van der Waals surface area contributed by atoms with Crippen molar-refractivity contribution in [2.75, 3.05) is 6.54 Å². The maximum Gasteiger partial charge on any atom is 0.131 e. The van der Waals surface area contributed by atoms with Crippen LogP contribution in [0.2, 0.25) is 0 Å². The Bertz CT molecular complexity index is 451. The summed E-state index contributed by atoms with van der Waals surface area (Å²) in [6.45, 7) is 0.526. The quantitative estimate of drug-likeness (QED) is 0.795. The fraction of sp³-hybridized carbons (Fsp3) is 0.182. The van der Waals surface area contributed by atoms with Crippen molar-refractivity contribution >= 4 is 0 Å². The van der Waals surface area contributed by atoms with Gasteiger partial charge in [0.2, 0.25) is 0 Å². The highest BCUT2D eigenvalue weighted by Crippen LogP contribution is 2.25. The van der Waals surface area contributed by atoms with Crippen molar-refractivity contribution in [3.05, 3.63) is 36.2 Å². The van der Waals surface area contributed by atoms with Crippen LogP contribution in [0.1, 0.15) is 5.69 Å². The van der Waals surface area contributed by atoms with E-state index in [1.165, 1.54) is 0 Å². The van der Waals surface area contributed by atoms with Crippen molar-refractivity contribution in [2.24, 2.45) is 5.73 Å². The minimum Gasteiger partial charge on any atom is -0.508 e. The summed E-state index contributed by atoms with van der Waals surface area (Å²) in [5.74, 6) is 0.229.